The van der Waals surface area contributed by atoms with Gasteiger partial charge in [0, 0.05) is 29.7 Å². The fraction of sp³-hybridized carbons (Fsp3) is 0.250. The highest BCUT2D eigenvalue weighted by Gasteiger charge is 2.18. The molecule has 0 fully saturated rings. The monoisotopic (exact) mass is 610 g/mol. The Balaban J connectivity index is 1.60. The average molecular weight is 611 g/mol. The van der Waals surface area contributed by atoms with Crippen LogP contribution in [0.15, 0.2) is 70.9 Å². The van der Waals surface area contributed by atoms with Crippen LogP contribution >= 0.6 is 0 Å². The molecule has 3 rings (SSSR count). The number of nitro groups is 1. The highest BCUT2D eigenvalue weighted by molar-refractivity contribution is 5.91. The quantitative estimate of drug-likeness (QED) is 0.0733. The van der Waals surface area contributed by atoms with Crippen molar-refractivity contribution in [2.45, 2.75) is 6.92 Å². The number of nitro benzene ring substituents is 1. The van der Waals surface area contributed by atoms with Gasteiger partial charge < -0.3 is 29.7 Å². The topological polar surface area (TPSA) is 226 Å². The molecule has 0 heterocycles. The maximum Gasteiger partial charge on any atom is 0.411 e. The molecule has 0 aliphatic heterocycles. The predicted octanol–water partition coefficient (Wildman–Crippen LogP) is 4.61. The van der Waals surface area contributed by atoms with E-state index in [9.17, 15) is 29.6 Å². The van der Waals surface area contributed by atoms with E-state index < -0.39 is 28.8 Å². The summed E-state index contributed by atoms with van der Waals surface area (Å²) in [5, 5.41) is 51.5. The first kappa shape index (κ1) is 32.9. The van der Waals surface area contributed by atoms with Crippen molar-refractivity contribution in [1.29, 1.82) is 0 Å². The molecule has 3 aromatic rings. The number of aliphatic hydroxyl groups is 2. The van der Waals surface area contributed by atoms with Gasteiger partial charge in [0.25, 0.3) is 5.69 Å². The summed E-state index contributed by atoms with van der Waals surface area (Å²) in [4.78, 5) is 47.7. The van der Waals surface area contributed by atoms with Crippen LogP contribution < -0.4 is 15.5 Å². The first-order valence-electron chi connectivity index (χ1n) is 13.1. The average Bonchev–Trinajstić information content (AvgIpc) is 3.00. The number of carboxylic acid groups (broad SMARTS) is 1. The van der Waals surface area contributed by atoms with Crippen LogP contribution in [0.25, 0.3) is 0 Å². The lowest BCUT2D eigenvalue weighted by molar-refractivity contribution is -0.384. The maximum absolute atomic E-state index is 12.3. The molecular weight excluding hydrogens is 580 g/mol. The summed E-state index contributed by atoms with van der Waals surface area (Å²) >= 11 is 0. The number of nitrogens with one attached hydrogen (secondary N) is 2. The standard InChI is InChI=1S/C28H30N6O10/c1-18-2-4-21(17-24(18)30-27(38)39)29-28(40)44-14-11-33(10-12-35)22-7-5-20(6-8-22)31-32-23-9-3-19(16-25(23)34(41)42)26(37)43-15-13-36/h2-9,16-17,30,35-36H,10-15H2,1H3,(H,29,40)(H,38,39). The molecule has 0 saturated carbocycles. The molecule has 0 aliphatic carbocycles. The van der Waals surface area contributed by atoms with Crippen LogP contribution in [0.5, 0.6) is 0 Å². The summed E-state index contributed by atoms with van der Waals surface area (Å²) in [5.74, 6) is -0.824. The van der Waals surface area contributed by atoms with Gasteiger partial charge in [-0.15, -0.1) is 5.11 Å². The lowest BCUT2D eigenvalue weighted by Gasteiger charge is -2.23. The zero-order valence-corrected chi connectivity index (χ0v) is 23.5. The third-order valence-corrected chi connectivity index (χ3v) is 5.91. The minimum atomic E-state index is -1.23. The number of rotatable bonds is 14. The van der Waals surface area contributed by atoms with E-state index in [0.29, 0.717) is 28.3 Å². The van der Waals surface area contributed by atoms with Gasteiger partial charge in [0.1, 0.15) is 13.2 Å². The number of carbonyl (C=O) groups excluding carboxylic acids is 2. The molecule has 16 nitrogen and oxygen atoms in total. The molecule has 0 unspecified atom stereocenters. The molecule has 0 saturated heterocycles. The summed E-state index contributed by atoms with van der Waals surface area (Å²) in [7, 11) is 0. The molecule has 0 spiro atoms. The molecule has 5 N–H and O–H groups in total. The summed E-state index contributed by atoms with van der Waals surface area (Å²) in [6, 6.07) is 14.8. The Bertz CT molecular complexity index is 1510. The number of azo groups is 1. The van der Waals surface area contributed by atoms with Crippen LogP contribution in [-0.2, 0) is 9.47 Å². The van der Waals surface area contributed by atoms with E-state index in [1.165, 1.54) is 18.2 Å². The Morgan fingerprint density at radius 2 is 1.66 bits per heavy atom. The maximum atomic E-state index is 12.3. The van der Waals surface area contributed by atoms with E-state index >= 15 is 0 Å². The van der Waals surface area contributed by atoms with Gasteiger partial charge in [-0.3, -0.25) is 20.7 Å². The highest BCUT2D eigenvalue weighted by atomic mass is 16.6. The van der Waals surface area contributed by atoms with Crippen molar-refractivity contribution < 1.29 is 44.1 Å². The predicted molar refractivity (Wildman–Crippen MR) is 158 cm³/mol. The van der Waals surface area contributed by atoms with E-state index in [2.05, 4.69) is 20.9 Å². The number of amides is 2. The van der Waals surface area contributed by atoms with E-state index in [1.54, 1.807) is 48.2 Å². The Kier molecular flexibility index (Phi) is 12.1. The van der Waals surface area contributed by atoms with Gasteiger partial charge in [0.15, 0.2) is 5.69 Å². The van der Waals surface area contributed by atoms with Gasteiger partial charge in [-0.1, -0.05) is 6.07 Å². The van der Waals surface area contributed by atoms with Crippen LogP contribution in [0.2, 0.25) is 0 Å². The van der Waals surface area contributed by atoms with Crippen LogP contribution in [-0.4, -0.2) is 77.9 Å². The lowest BCUT2D eigenvalue weighted by Crippen LogP contribution is -2.31. The fourth-order valence-corrected chi connectivity index (χ4v) is 3.79. The number of carbonyl (C=O) groups is 3. The summed E-state index contributed by atoms with van der Waals surface area (Å²) in [6.45, 7) is 1.34. The fourth-order valence-electron chi connectivity index (χ4n) is 3.79. The smallest absolute Gasteiger partial charge is 0.411 e. The first-order valence-corrected chi connectivity index (χ1v) is 13.1. The van der Waals surface area contributed by atoms with E-state index in [0.717, 1.165) is 6.07 Å². The van der Waals surface area contributed by atoms with E-state index in [1.807, 2.05) is 0 Å². The Labute approximate surface area is 250 Å². The molecule has 16 heteroatoms. The minimum Gasteiger partial charge on any atom is -0.465 e. The van der Waals surface area contributed by atoms with Crippen molar-refractivity contribution in [3.8, 4) is 0 Å². The van der Waals surface area contributed by atoms with E-state index in [4.69, 9.17) is 19.7 Å². The molecule has 0 atom stereocenters. The third-order valence-electron chi connectivity index (χ3n) is 5.91. The second-order valence-electron chi connectivity index (χ2n) is 8.97. The largest absolute Gasteiger partial charge is 0.465 e. The van der Waals surface area contributed by atoms with Crippen LogP contribution in [0.1, 0.15) is 15.9 Å². The van der Waals surface area contributed by atoms with Gasteiger partial charge in [-0.25, -0.2) is 14.4 Å². The lowest BCUT2D eigenvalue weighted by atomic mass is 10.2. The molecule has 0 radical (unpaired) electrons. The van der Waals surface area contributed by atoms with Crippen molar-refractivity contribution >= 4 is 52.3 Å². The van der Waals surface area contributed by atoms with Crippen molar-refractivity contribution in [3.05, 3.63) is 81.9 Å². The molecule has 232 valence electrons. The molecule has 0 bridgehead atoms. The van der Waals surface area contributed by atoms with Crippen molar-refractivity contribution in [2.24, 2.45) is 10.2 Å². The zero-order chi connectivity index (χ0) is 32.1. The van der Waals surface area contributed by atoms with Crippen LogP contribution in [0.3, 0.4) is 0 Å². The number of anilines is 3. The molecule has 44 heavy (non-hydrogen) atoms. The summed E-state index contributed by atoms with van der Waals surface area (Å²) < 4.78 is 10.0. The van der Waals surface area contributed by atoms with Crippen LogP contribution in [0.4, 0.5) is 43.7 Å². The number of hydrogen-bond donors (Lipinski definition) is 5. The number of aryl methyl sites for hydroxylation is 1. The van der Waals surface area contributed by atoms with Crippen molar-refractivity contribution in [1.82, 2.24) is 0 Å². The van der Waals surface area contributed by atoms with Gasteiger partial charge in [-0.2, -0.15) is 5.11 Å². The number of hydrogen-bond acceptors (Lipinski definition) is 12. The molecule has 0 aromatic heterocycles. The van der Waals surface area contributed by atoms with Gasteiger partial charge in [0.2, 0.25) is 0 Å². The van der Waals surface area contributed by atoms with Gasteiger partial charge in [-0.05, 0) is 61.0 Å². The molecule has 2 amide bonds. The van der Waals surface area contributed by atoms with Gasteiger partial charge >= 0.3 is 18.2 Å². The summed E-state index contributed by atoms with van der Waals surface area (Å²) in [5.41, 5.74) is 1.75. The highest BCUT2D eigenvalue weighted by Crippen LogP contribution is 2.31. The van der Waals surface area contributed by atoms with Crippen LogP contribution in [0, 0.1) is 17.0 Å². The molecular formula is C28H30N6O10. The first-order chi connectivity index (χ1) is 21.1. The number of nitrogens with zero attached hydrogens (tertiary/aromatic N) is 4. The molecule has 3 aromatic carbocycles. The Morgan fingerprint density at radius 1 is 0.909 bits per heavy atom. The van der Waals surface area contributed by atoms with Crippen molar-refractivity contribution in [3.63, 3.8) is 0 Å². The number of benzene rings is 3. The number of esters is 1. The minimum absolute atomic E-state index is 0.0351. The number of aliphatic hydroxyl groups excluding tert-OH is 2. The van der Waals surface area contributed by atoms with Crippen molar-refractivity contribution in [2.75, 3.05) is 55.1 Å². The second kappa shape index (κ2) is 16.1. The number of ether oxygens (including phenoxy) is 2. The molecule has 0 aliphatic rings. The van der Waals surface area contributed by atoms with E-state index in [-0.39, 0.29) is 50.8 Å². The Hall–Kier alpha value is -5.61. The summed E-state index contributed by atoms with van der Waals surface area (Å²) in [6.07, 6.45) is -1.98. The SMILES string of the molecule is Cc1ccc(NC(=O)OCCN(CCO)c2ccc(N=Nc3ccc(C(=O)OCCO)cc3[N+](=O)[O-])cc2)cc1NC(=O)O. The Morgan fingerprint density at radius 3 is 2.32 bits per heavy atom. The third kappa shape index (κ3) is 9.74. The second-order valence-corrected chi connectivity index (χ2v) is 8.97. The van der Waals surface area contributed by atoms with Gasteiger partial charge in [0.05, 0.1) is 35.9 Å². The normalized spacial score (nSPS) is 10.7. The zero-order valence-electron chi connectivity index (χ0n) is 23.5.